The minimum atomic E-state index is 0.329. The average molecular weight is 272 g/mol. The molecule has 0 bridgehead atoms. The highest BCUT2D eigenvalue weighted by molar-refractivity contribution is 5.77. The predicted octanol–water partition coefficient (Wildman–Crippen LogP) is 2.32. The van der Waals surface area contributed by atoms with E-state index in [9.17, 15) is 4.79 Å². The SMILES string of the molecule is C[C@@H]1CNCCN1C(=O)CC1CCCc2ccccc21. The Morgan fingerprint density at radius 2 is 2.25 bits per heavy atom. The predicted molar refractivity (Wildman–Crippen MR) is 80.8 cm³/mol. The van der Waals surface area contributed by atoms with Gasteiger partial charge in [-0.1, -0.05) is 24.3 Å². The lowest BCUT2D eigenvalue weighted by molar-refractivity contribution is -0.134. The van der Waals surface area contributed by atoms with E-state index < -0.39 is 0 Å². The maximum atomic E-state index is 12.6. The average Bonchev–Trinajstić information content (AvgIpc) is 2.48. The van der Waals surface area contributed by atoms with Crippen molar-refractivity contribution >= 4 is 5.91 Å². The van der Waals surface area contributed by atoms with Crippen LogP contribution in [0.5, 0.6) is 0 Å². The molecule has 1 amide bonds. The molecule has 1 fully saturated rings. The third kappa shape index (κ3) is 2.73. The van der Waals surface area contributed by atoms with Gasteiger partial charge in [-0.2, -0.15) is 0 Å². The highest BCUT2D eigenvalue weighted by atomic mass is 16.2. The molecule has 1 aliphatic heterocycles. The van der Waals surface area contributed by atoms with Crippen LogP contribution in [-0.2, 0) is 11.2 Å². The Labute approximate surface area is 121 Å². The Hall–Kier alpha value is -1.35. The summed E-state index contributed by atoms with van der Waals surface area (Å²) in [6.45, 7) is 4.84. The molecule has 0 aromatic heterocycles. The second-order valence-electron chi connectivity index (χ2n) is 6.13. The number of carbonyl (C=O) groups excluding carboxylic acids is 1. The van der Waals surface area contributed by atoms with Crippen molar-refractivity contribution in [2.24, 2.45) is 0 Å². The molecule has 3 nitrogen and oxygen atoms in total. The minimum Gasteiger partial charge on any atom is -0.337 e. The lowest BCUT2D eigenvalue weighted by Crippen LogP contribution is -2.52. The second-order valence-corrected chi connectivity index (χ2v) is 6.13. The number of benzene rings is 1. The number of carbonyl (C=O) groups is 1. The zero-order chi connectivity index (χ0) is 13.9. The molecule has 3 rings (SSSR count). The van der Waals surface area contributed by atoms with Crippen LogP contribution in [0.15, 0.2) is 24.3 Å². The van der Waals surface area contributed by atoms with Gasteiger partial charge in [-0.25, -0.2) is 0 Å². The number of amides is 1. The van der Waals surface area contributed by atoms with Crippen molar-refractivity contribution in [1.82, 2.24) is 10.2 Å². The van der Waals surface area contributed by atoms with E-state index in [1.54, 1.807) is 0 Å². The number of hydrogen-bond donors (Lipinski definition) is 1. The van der Waals surface area contributed by atoms with Gasteiger partial charge in [-0.05, 0) is 43.2 Å². The number of hydrogen-bond acceptors (Lipinski definition) is 2. The fourth-order valence-corrected chi connectivity index (χ4v) is 3.61. The zero-order valence-corrected chi connectivity index (χ0v) is 12.3. The second kappa shape index (κ2) is 5.96. The topological polar surface area (TPSA) is 32.3 Å². The van der Waals surface area contributed by atoms with Crippen LogP contribution in [0, 0.1) is 0 Å². The van der Waals surface area contributed by atoms with Gasteiger partial charge in [0.1, 0.15) is 0 Å². The van der Waals surface area contributed by atoms with Crippen LogP contribution in [0.4, 0.5) is 0 Å². The third-order valence-corrected chi connectivity index (χ3v) is 4.74. The molecule has 1 N–H and O–H groups in total. The molecular formula is C17H24N2O. The molecule has 3 heteroatoms. The Kier molecular flexibility index (Phi) is 4.06. The first kappa shape index (κ1) is 13.6. The summed E-state index contributed by atoms with van der Waals surface area (Å²) >= 11 is 0. The summed E-state index contributed by atoms with van der Waals surface area (Å²) < 4.78 is 0. The minimum absolute atomic E-state index is 0.329. The Balaban J connectivity index is 1.70. The first-order valence-corrected chi connectivity index (χ1v) is 7.83. The smallest absolute Gasteiger partial charge is 0.223 e. The van der Waals surface area contributed by atoms with E-state index >= 15 is 0 Å². The normalized spacial score (nSPS) is 26.1. The molecule has 20 heavy (non-hydrogen) atoms. The number of nitrogens with one attached hydrogen (secondary N) is 1. The van der Waals surface area contributed by atoms with Gasteiger partial charge in [0.05, 0.1) is 0 Å². The van der Waals surface area contributed by atoms with E-state index in [0.29, 0.717) is 24.3 Å². The molecular weight excluding hydrogens is 248 g/mol. The summed E-state index contributed by atoms with van der Waals surface area (Å²) in [5, 5.41) is 3.34. The summed E-state index contributed by atoms with van der Waals surface area (Å²) in [7, 11) is 0. The van der Waals surface area contributed by atoms with Crippen molar-refractivity contribution in [3.05, 3.63) is 35.4 Å². The molecule has 1 aromatic carbocycles. The van der Waals surface area contributed by atoms with E-state index in [4.69, 9.17) is 0 Å². The first-order valence-electron chi connectivity index (χ1n) is 7.83. The maximum absolute atomic E-state index is 12.6. The van der Waals surface area contributed by atoms with Gasteiger partial charge in [0.2, 0.25) is 5.91 Å². The van der Waals surface area contributed by atoms with E-state index in [-0.39, 0.29) is 0 Å². The van der Waals surface area contributed by atoms with Crippen molar-refractivity contribution in [3.63, 3.8) is 0 Å². The van der Waals surface area contributed by atoms with E-state index in [1.165, 1.54) is 24.0 Å². The molecule has 1 aromatic rings. The van der Waals surface area contributed by atoms with E-state index in [1.807, 2.05) is 0 Å². The van der Waals surface area contributed by atoms with Crippen molar-refractivity contribution in [1.29, 1.82) is 0 Å². The van der Waals surface area contributed by atoms with Gasteiger partial charge in [-0.15, -0.1) is 0 Å². The van der Waals surface area contributed by atoms with Crippen LogP contribution < -0.4 is 5.32 Å². The molecule has 1 saturated heterocycles. The number of fused-ring (bicyclic) bond motifs is 1. The van der Waals surface area contributed by atoms with Crippen LogP contribution in [0.25, 0.3) is 0 Å². The number of piperazine rings is 1. The van der Waals surface area contributed by atoms with Gasteiger partial charge >= 0.3 is 0 Å². The largest absolute Gasteiger partial charge is 0.337 e. The zero-order valence-electron chi connectivity index (χ0n) is 12.3. The van der Waals surface area contributed by atoms with Crippen molar-refractivity contribution in [3.8, 4) is 0 Å². The molecule has 0 spiro atoms. The number of nitrogens with zero attached hydrogens (tertiary/aromatic N) is 1. The van der Waals surface area contributed by atoms with Crippen LogP contribution in [0.1, 0.15) is 43.2 Å². The summed E-state index contributed by atoms with van der Waals surface area (Å²) in [5.41, 5.74) is 2.86. The van der Waals surface area contributed by atoms with Gasteiger partial charge in [0.25, 0.3) is 0 Å². The molecule has 2 aliphatic rings. The van der Waals surface area contributed by atoms with Crippen LogP contribution in [0.3, 0.4) is 0 Å². The highest BCUT2D eigenvalue weighted by Crippen LogP contribution is 2.34. The van der Waals surface area contributed by atoms with Crippen LogP contribution in [0.2, 0.25) is 0 Å². The number of rotatable bonds is 2. The van der Waals surface area contributed by atoms with Gasteiger partial charge in [0.15, 0.2) is 0 Å². The molecule has 0 saturated carbocycles. The summed E-state index contributed by atoms with van der Waals surface area (Å²) in [6, 6.07) is 8.99. The van der Waals surface area contributed by atoms with Crippen LogP contribution in [-0.4, -0.2) is 36.5 Å². The van der Waals surface area contributed by atoms with Gasteiger partial charge < -0.3 is 10.2 Å². The summed E-state index contributed by atoms with van der Waals surface area (Å²) in [6.07, 6.45) is 4.22. The summed E-state index contributed by atoms with van der Waals surface area (Å²) in [5.74, 6) is 0.759. The molecule has 0 radical (unpaired) electrons. The first-order chi connectivity index (χ1) is 9.75. The third-order valence-electron chi connectivity index (χ3n) is 4.74. The van der Waals surface area contributed by atoms with Crippen molar-refractivity contribution in [2.45, 2.75) is 44.6 Å². The van der Waals surface area contributed by atoms with Crippen molar-refractivity contribution in [2.75, 3.05) is 19.6 Å². The Morgan fingerprint density at radius 3 is 3.10 bits per heavy atom. The molecule has 1 unspecified atom stereocenters. The van der Waals surface area contributed by atoms with E-state index in [0.717, 1.165) is 26.1 Å². The van der Waals surface area contributed by atoms with Gasteiger partial charge in [-0.3, -0.25) is 4.79 Å². The quantitative estimate of drug-likeness (QED) is 0.896. The molecule has 1 aliphatic carbocycles. The fourth-order valence-electron chi connectivity index (χ4n) is 3.61. The maximum Gasteiger partial charge on any atom is 0.223 e. The summed E-state index contributed by atoms with van der Waals surface area (Å²) in [4.78, 5) is 14.6. The highest BCUT2D eigenvalue weighted by Gasteiger charge is 2.27. The standard InChI is InChI=1S/C17H24N2O/c1-13-12-18-9-10-19(13)17(20)11-15-7-4-6-14-5-2-3-8-16(14)15/h2-3,5,8,13,15,18H,4,6-7,9-12H2,1H3/t13-,15?/m1/s1. The van der Waals surface area contributed by atoms with Gasteiger partial charge in [0, 0.05) is 32.1 Å². The molecule has 1 heterocycles. The Morgan fingerprint density at radius 1 is 1.40 bits per heavy atom. The molecule has 108 valence electrons. The Bertz CT molecular complexity index is 486. The lowest BCUT2D eigenvalue weighted by atomic mass is 9.81. The fraction of sp³-hybridized carbons (Fsp3) is 0.588. The van der Waals surface area contributed by atoms with Crippen LogP contribution >= 0.6 is 0 Å². The lowest BCUT2D eigenvalue weighted by Gasteiger charge is -2.35. The van der Waals surface area contributed by atoms with Crippen molar-refractivity contribution < 1.29 is 4.79 Å². The monoisotopic (exact) mass is 272 g/mol. The molecule has 2 atom stereocenters. The number of aryl methyl sites for hydroxylation is 1. The van der Waals surface area contributed by atoms with E-state index in [2.05, 4.69) is 41.4 Å².